The van der Waals surface area contributed by atoms with Gasteiger partial charge in [-0.2, -0.15) is 0 Å². The lowest BCUT2D eigenvalue weighted by atomic mass is 10.0. The molecule has 1 unspecified atom stereocenters. The van der Waals surface area contributed by atoms with Gasteiger partial charge < -0.3 is 5.32 Å². The smallest absolute Gasteiger partial charge is 0.251 e. The quantitative estimate of drug-likeness (QED) is 0.785. The number of piperidine rings is 1. The second kappa shape index (κ2) is 7.04. The summed E-state index contributed by atoms with van der Waals surface area (Å²) in [7, 11) is 0. The molecule has 134 valence electrons. The molecule has 0 saturated carbocycles. The van der Waals surface area contributed by atoms with Crippen molar-refractivity contribution in [3.63, 3.8) is 0 Å². The van der Waals surface area contributed by atoms with Gasteiger partial charge in [-0.15, -0.1) is 0 Å². The van der Waals surface area contributed by atoms with Crippen molar-refractivity contribution < 1.29 is 9.59 Å². The van der Waals surface area contributed by atoms with E-state index in [9.17, 15) is 9.59 Å². The van der Waals surface area contributed by atoms with Gasteiger partial charge in [0, 0.05) is 35.8 Å². The van der Waals surface area contributed by atoms with Gasteiger partial charge in [-0.25, -0.2) is 0 Å². The fraction of sp³-hybridized carbons (Fsp3) is 0.364. The van der Waals surface area contributed by atoms with Crippen LogP contribution >= 0.6 is 0 Å². The first kappa shape index (κ1) is 17.0. The van der Waals surface area contributed by atoms with Crippen molar-refractivity contribution in [1.82, 2.24) is 10.2 Å². The Balaban J connectivity index is 1.43. The van der Waals surface area contributed by atoms with E-state index in [-0.39, 0.29) is 11.7 Å². The van der Waals surface area contributed by atoms with Gasteiger partial charge in [0.15, 0.2) is 5.78 Å². The molecule has 0 radical (unpaired) electrons. The number of nitrogens with one attached hydrogen (secondary N) is 1. The summed E-state index contributed by atoms with van der Waals surface area (Å²) in [6, 6.07) is 13.6. The molecule has 1 aliphatic carbocycles. The van der Waals surface area contributed by atoms with Crippen LogP contribution in [0.15, 0.2) is 42.5 Å². The van der Waals surface area contributed by atoms with Crippen molar-refractivity contribution >= 4 is 11.7 Å². The Morgan fingerprint density at radius 3 is 2.65 bits per heavy atom. The predicted molar refractivity (Wildman–Crippen MR) is 103 cm³/mol. The molecule has 0 bridgehead atoms. The van der Waals surface area contributed by atoms with Crippen molar-refractivity contribution in [2.75, 3.05) is 19.6 Å². The molecule has 1 heterocycles. The minimum atomic E-state index is -0.110. The normalized spacial score (nSPS) is 19.1. The van der Waals surface area contributed by atoms with E-state index in [0.717, 1.165) is 29.8 Å². The molecular weight excluding hydrogens is 324 g/mol. The fourth-order valence-corrected chi connectivity index (χ4v) is 4.07. The average molecular weight is 348 g/mol. The molecule has 4 rings (SSSR count). The number of hydrogen-bond acceptors (Lipinski definition) is 3. The average Bonchev–Trinajstić information content (AvgIpc) is 2.96. The summed E-state index contributed by atoms with van der Waals surface area (Å²) < 4.78 is 0. The number of rotatable bonds is 4. The van der Waals surface area contributed by atoms with Crippen LogP contribution in [-0.4, -0.2) is 42.3 Å². The molecule has 0 aromatic heterocycles. The van der Waals surface area contributed by atoms with E-state index in [0.29, 0.717) is 23.7 Å². The number of ketones is 1. The molecule has 1 fully saturated rings. The van der Waals surface area contributed by atoms with Gasteiger partial charge in [-0.05, 0) is 49.6 Å². The van der Waals surface area contributed by atoms with E-state index in [4.69, 9.17) is 0 Å². The molecule has 1 atom stereocenters. The van der Waals surface area contributed by atoms with Crippen LogP contribution in [0, 0.1) is 0 Å². The van der Waals surface area contributed by atoms with E-state index in [1.807, 2.05) is 36.4 Å². The Bertz CT molecular complexity index is 859. The van der Waals surface area contributed by atoms with Crippen LogP contribution in [0.5, 0.6) is 0 Å². The molecular formula is C22H24N2O2. The summed E-state index contributed by atoms with van der Waals surface area (Å²) in [6.45, 7) is 4.88. The van der Waals surface area contributed by atoms with Crippen LogP contribution < -0.4 is 5.32 Å². The second-order valence-corrected chi connectivity index (χ2v) is 7.27. The number of nitrogens with zero attached hydrogens (tertiary/aromatic N) is 1. The van der Waals surface area contributed by atoms with Crippen LogP contribution in [0.1, 0.15) is 52.5 Å². The van der Waals surface area contributed by atoms with Crippen molar-refractivity contribution in [2.45, 2.75) is 32.2 Å². The summed E-state index contributed by atoms with van der Waals surface area (Å²) in [5.41, 5.74) is 3.78. The zero-order chi connectivity index (χ0) is 18.1. The number of fused-ring (bicyclic) bond motifs is 3. The standard InChI is InChI=1S/C22H24N2O2/c1-15-6-4-5-12-24(15)13-11-23-22(26)16-9-10-18-17-7-2-3-8-19(17)21(25)20(18)14-16/h2-3,7-10,14-15H,4-6,11-13H2,1H3,(H,23,26). The third-order valence-corrected chi connectivity index (χ3v) is 5.61. The number of benzene rings is 2. The number of amides is 1. The minimum absolute atomic E-state index is 0.00684. The van der Waals surface area contributed by atoms with Crippen molar-refractivity contribution in [1.29, 1.82) is 0 Å². The van der Waals surface area contributed by atoms with E-state index in [1.165, 1.54) is 19.3 Å². The molecule has 1 amide bonds. The number of likely N-dealkylation sites (tertiary alicyclic amines) is 1. The number of carbonyl (C=O) groups is 2. The fourth-order valence-electron chi connectivity index (χ4n) is 4.07. The van der Waals surface area contributed by atoms with Gasteiger partial charge in [-0.1, -0.05) is 36.8 Å². The zero-order valence-electron chi connectivity index (χ0n) is 15.1. The molecule has 2 aromatic carbocycles. The van der Waals surface area contributed by atoms with E-state index < -0.39 is 0 Å². The minimum Gasteiger partial charge on any atom is -0.351 e. The first-order chi connectivity index (χ1) is 12.6. The molecule has 4 heteroatoms. The van der Waals surface area contributed by atoms with Gasteiger partial charge in [0.05, 0.1) is 0 Å². The van der Waals surface area contributed by atoms with Crippen LogP contribution in [-0.2, 0) is 0 Å². The lowest BCUT2D eigenvalue weighted by molar-refractivity contribution is 0.0938. The van der Waals surface area contributed by atoms with E-state index in [1.54, 1.807) is 6.07 Å². The largest absolute Gasteiger partial charge is 0.351 e. The van der Waals surface area contributed by atoms with Gasteiger partial charge >= 0.3 is 0 Å². The Morgan fingerprint density at radius 1 is 1.08 bits per heavy atom. The summed E-state index contributed by atoms with van der Waals surface area (Å²) in [4.78, 5) is 27.5. The van der Waals surface area contributed by atoms with Crippen LogP contribution in [0.4, 0.5) is 0 Å². The van der Waals surface area contributed by atoms with Crippen LogP contribution in [0.2, 0.25) is 0 Å². The summed E-state index contributed by atoms with van der Waals surface area (Å²) >= 11 is 0. The molecule has 2 aromatic rings. The van der Waals surface area contributed by atoms with Crippen molar-refractivity contribution in [2.24, 2.45) is 0 Å². The highest BCUT2D eigenvalue weighted by atomic mass is 16.1. The Hall–Kier alpha value is -2.46. The molecule has 1 saturated heterocycles. The Kier molecular flexibility index (Phi) is 4.60. The third-order valence-electron chi connectivity index (χ3n) is 5.61. The van der Waals surface area contributed by atoms with E-state index >= 15 is 0 Å². The number of carbonyl (C=O) groups excluding carboxylic acids is 2. The SMILES string of the molecule is CC1CCCCN1CCNC(=O)c1ccc2c(c1)C(=O)c1ccccc1-2. The topological polar surface area (TPSA) is 49.4 Å². The third kappa shape index (κ3) is 3.06. The Labute approximate surface area is 154 Å². The summed E-state index contributed by atoms with van der Waals surface area (Å²) in [5.74, 6) is -0.103. The maximum absolute atomic E-state index is 12.6. The van der Waals surface area contributed by atoms with Gasteiger partial charge in [0.1, 0.15) is 0 Å². The zero-order valence-corrected chi connectivity index (χ0v) is 15.1. The maximum atomic E-state index is 12.6. The van der Waals surface area contributed by atoms with Crippen LogP contribution in [0.25, 0.3) is 11.1 Å². The first-order valence-corrected chi connectivity index (χ1v) is 9.45. The number of hydrogen-bond donors (Lipinski definition) is 1. The summed E-state index contributed by atoms with van der Waals surface area (Å²) in [6.07, 6.45) is 3.78. The molecule has 2 aliphatic rings. The second-order valence-electron chi connectivity index (χ2n) is 7.27. The molecule has 0 spiro atoms. The maximum Gasteiger partial charge on any atom is 0.251 e. The van der Waals surface area contributed by atoms with Crippen molar-refractivity contribution in [3.05, 3.63) is 59.2 Å². The highest BCUT2D eigenvalue weighted by Crippen LogP contribution is 2.36. The molecule has 1 aliphatic heterocycles. The predicted octanol–water partition coefficient (Wildman–Crippen LogP) is 3.50. The molecule has 4 nitrogen and oxygen atoms in total. The van der Waals surface area contributed by atoms with E-state index in [2.05, 4.69) is 17.1 Å². The van der Waals surface area contributed by atoms with Gasteiger partial charge in [0.2, 0.25) is 0 Å². The van der Waals surface area contributed by atoms with Crippen LogP contribution in [0.3, 0.4) is 0 Å². The first-order valence-electron chi connectivity index (χ1n) is 9.45. The lowest BCUT2D eigenvalue weighted by Crippen LogP contribution is -2.42. The highest BCUT2D eigenvalue weighted by Gasteiger charge is 2.27. The molecule has 1 N–H and O–H groups in total. The summed E-state index contributed by atoms with van der Waals surface area (Å²) in [5, 5.41) is 3.00. The highest BCUT2D eigenvalue weighted by molar-refractivity contribution is 6.22. The Morgan fingerprint density at radius 2 is 1.85 bits per heavy atom. The molecule has 26 heavy (non-hydrogen) atoms. The lowest BCUT2D eigenvalue weighted by Gasteiger charge is -2.33. The van der Waals surface area contributed by atoms with Gasteiger partial charge in [0.25, 0.3) is 5.91 Å². The monoisotopic (exact) mass is 348 g/mol. The van der Waals surface area contributed by atoms with Crippen molar-refractivity contribution in [3.8, 4) is 11.1 Å². The van der Waals surface area contributed by atoms with Gasteiger partial charge in [-0.3, -0.25) is 14.5 Å².